The lowest BCUT2D eigenvalue weighted by atomic mass is 10.0. The van der Waals surface area contributed by atoms with Gasteiger partial charge in [0.05, 0.1) is 0 Å². The van der Waals surface area contributed by atoms with Crippen LogP contribution in [0.15, 0.2) is 30.3 Å². The fourth-order valence-corrected chi connectivity index (χ4v) is 2.63. The smallest absolute Gasteiger partial charge is 0.383 e. The first-order valence-electron chi connectivity index (χ1n) is 6.43. The van der Waals surface area contributed by atoms with Gasteiger partial charge in [-0.05, 0) is 25.5 Å². The Kier molecular flexibility index (Phi) is 4.16. The predicted octanol–water partition coefficient (Wildman–Crippen LogP) is 2.99. The Bertz CT molecular complexity index is 407. The molecule has 19 heavy (non-hydrogen) atoms. The minimum atomic E-state index is -4.52. The maximum Gasteiger partial charge on any atom is 0.414 e. The molecule has 1 heterocycles. The molecule has 2 rings (SSSR count). The Labute approximate surface area is 110 Å². The third-order valence-corrected chi connectivity index (χ3v) is 3.87. The van der Waals surface area contributed by atoms with Crippen molar-refractivity contribution in [3.8, 4) is 0 Å². The van der Waals surface area contributed by atoms with Crippen LogP contribution in [-0.4, -0.2) is 35.4 Å². The SMILES string of the molecule is C[C@H](c1ccccc1)N1CC[C@@H]([C@H](O)C(F)(F)F)C1. The molecule has 3 atom stereocenters. The van der Waals surface area contributed by atoms with E-state index in [2.05, 4.69) is 0 Å². The number of likely N-dealkylation sites (tertiary alicyclic amines) is 1. The van der Waals surface area contributed by atoms with Gasteiger partial charge in [0.25, 0.3) is 0 Å². The van der Waals surface area contributed by atoms with Crippen molar-refractivity contribution in [2.75, 3.05) is 13.1 Å². The summed E-state index contributed by atoms with van der Waals surface area (Å²) in [6.07, 6.45) is -6.34. The van der Waals surface area contributed by atoms with Crippen molar-refractivity contribution in [1.29, 1.82) is 0 Å². The topological polar surface area (TPSA) is 23.5 Å². The largest absolute Gasteiger partial charge is 0.414 e. The molecule has 2 nitrogen and oxygen atoms in total. The maximum atomic E-state index is 12.5. The van der Waals surface area contributed by atoms with E-state index in [-0.39, 0.29) is 12.6 Å². The lowest BCUT2D eigenvalue weighted by molar-refractivity contribution is -0.218. The number of halogens is 3. The van der Waals surface area contributed by atoms with Crippen LogP contribution in [-0.2, 0) is 0 Å². The number of hydrogen-bond donors (Lipinski definition) is 1. The molecule has 1 fully saturated rings. The highest BCUT2D eigenvalue weighted by atomic mass is 19.4. The first-order chi connectivity index (χ1) is 8.89. The summed E-state index contributed by atoms with van der Waals surface area (Å²) in [6, 6.07) is 9.77. The van der Waals surface area contributed by atoms with Crippen LogP contribution in [0.25, 0.3) is 0 Å². The molecule has 1 aliphatic heterocycles. The number of hydrogen-bond acceptors (Lipinski definition) is 2. The van der Waals surface area contributed by atoms with Crippen molar-refractivity contribution in [2.24, 2.45) is 5.92 Å². The van der Waals surface area contributed by atoms with Crippen molar-refractivity contribution in [3.05, 3.63) is 35.9 Å². The van der Waals surface area contributed by atoms with Gasteiger partial charge in [0.2, 0.25) is 0 Å². The number of nitrogens with zero attached hydrogens (tertiary/aromatic N) is 1. The van der Waals surface area contributed by atoms with Crippen LogP contribution in [0, 0.1) is 5.92 Å². The second-order valence-electron chi connectivity index (χ2n) is 5.12. The molecule has 1 saturated heterocycles. The predicted molar refractivity (Wildman–Crippen MR) is 66.6 cm³/mol. The molecule has 1 aromatic carbocycles. The quantitative estimate of drug-likeness (QED) is 0.915. The van der Waals surface area contributed by atoms with Gasteiger partial charge in [-0.2, -0.15) is 13.2 Å². The first kappa shape index (κ1) is 14.3. The van der Waals surface area contributed by atoms with E-state index in [1.807, 2.05) is 42.2 Å². The molecule has 5 heteroatoms. The summed E-state index contributed by atoms with van der Waals surface area (Å²) in [6.45, 7) is 2.86. The Balaban J connectivity index is 1.99. The normalized spacial score (nSPS) is 24.4. The van der Waals surface area contributed by atoms with Gasteiger partial charge in [0.1, 0.15) is 0 Å². The number of aliphatic hydroxyl groups is 1. The van der Waals surface area contributed by atoms with Gasteiger partial charge >= 0.3 is 6.18 Å². The summed E-state index contributed by atoms with van der Waals surface area (Å²) < 4.78 is 37.5. The van der Waals surface area contributed by atoms with Gasteiger partial charge in [-0.25, -0.2) is 0 Å². The summed E-state index contributed by atoms with van der Waals surface area (Å²) in [5, 5.41) is 9.30. The highest BCUT2D eigenvalue weighted by Gasteiger charge is 2.45. The maximum absolute atomic E-state index is 12.5. The lowest BCUT2D eigenvalue weighted by Gasteiger charge is -2.26. The van der Waals surface area contributed by atoms with Gasteiger partial charge < -0.3 is 5.11 Å². The fraction of sp³-hybridized carbons (Fsp3) is 0.571. The highest BCUT2D eigenvalue weighted by Crippen LogP contribution is 2.34. The molecule has 0 aliphatic carbocycles. The molecule has 0 spiro atoms. The van der Waals surface area contributed by atoms with Crippen LogP contribution in [0.4, 0.5) is 13.2 Å². The molecular weight excluding hydrogens is 255 g/mol. The van der Waals surface area contributed by atoms with Crippen molar-refractivity contribution < 1.29 is 18.3 Å². The van der Waals surface area contributed by atoms with Gasteiger partial charge in [-0.3, -0.25) is 4.90 Å². The van der Waals surface area contributed by atoms with E-state index in [9.17, 15) is 18.3 Å². The van der Waals surface area contributed by atoms with Crippen LogP contribution in [0.3, 0.4) is 0 Å². The zero-order valence-electron chi connectivity index (χ0n) is 10.8. The van der Waals surface area contributed by atoms with Crippen LogP contribution in [0.2, 0.25) is 0 Å². The Morgan fingerprint density at radius 2 is 1.89 bits per heavy atom. The third-order valence-electron chi connectivity index (χ3n) is 3.87. The molecule has 1 aliphatic rings. The van der Waals surface area contributed by atoms with E-state index in [1.165, 1.54) is 0 Å². The van der Waals surface area contributed by atoms with E-state index in [4.69, 9.17) is 0 Å². The molecular formula is C14H18F3NO. The van der Waals surface area contributed by atoms with Gasteiger partial charge in [0, 0.05) is 18.5 Å². The van der Waals surface area contributed by atoms with Crippen LogP contribution in [0.1, 0.15) is 24.9 Å². The average molecular weight is 273 g/mol. The summed E-state index contributed by atoms with van der Waals surface area (Å²) >= 11 is 0. The molecule has 1 N–H and O–H groups in total. The van der Waals surface area contributed by atoms with Crippen LogP contribution in [0.5, 0.6) is 0 Å². The molecule has 0 unspecified atom stereocenters. The van der Waals surface area contributed by atoms with Crippen LogP contribution < -0.4 is 0 Å². The van der Waals surface area contributed by atoms with Crippen LogP contribution >= 0.6 is 0 Å². The monoisotopic (exact) mass is 273 g/mol. The standard InChI is InChI=1S/C14H18F3NO/c1-10(11-5-3-2-4-6-11)18-8-7-12(9-18)13(19)14(15,16)17/h2-6,10,12-13,19H,7-9H2,1H3/t10-,12-,13+/m1/s1. The van der Waals surface area contributed by atoms with E-state index < -0.39 is 18.2 Å². The molecule has 0 amide bonds. The van der Waals surface area contributed by atoms with Crippen molar-refractivity contribution >= 4 is 0 Å². The van der Waals surface area contributed by atoms with Crippen molar-refractivity contribution in [1.82, 2.24) is 4.90 Å². The van der Waals surface area contributed by atoms with E-state index in [1.54, 1.807) is 0 Å². The summed E-state index contributed by atoms with van der Waals surface area (Å²) in [5.74, 6) is -0.717. The summed E-state index contributed by atoms with van der Waals surface area (Å²) in [7, 11) is 0. The Morgan fingerprint density at radius 1 is 1.26 bits per heavy atom. The molecule has 1 aromatic rings. The lowest BCUT2D eigenvalue weighted by Crippen LogP contribution is -2.37. The fourth-order valence-electron chi connectivity index (χ4n) is 2.63. The molecule has 0 bridgehead atoms. The zero-order valence-corrected chi connectivity index (χ0v) is 10.8. The number of rotatable bonds is 3. The zero-order chi connectivity index (χ0) is 14.0. The van der Waals surface area contributed by atoms with Gasteiger partial charge in [0.15, 0.2) is 6.10 Å². The summed E-state index contributed by atoms with van der Waals surface area (Å²) in [4.78, 5) is 2.00. The second kappa shape index (κ2) is 5.51. The molecule has 0 radical (unpaired) electrons. The number of alkyl halides is 3. The number of aliphatic hydroxyl groups excluding tert-OH is 1. The van der Waals surface area contributed by atoms with E-state index in [0.717, 1.165) is 5.56 Å². The molecule has 0 saturated carbocycles. The second-order valence-corrected chi connectivity index (χ2v) is 5.12. The number of benzene rings is 1. The van der Waals surface area contributed by atoms with Crippen molar-refractivity contribution in [3.63, 3.8) is 0 Å². The Hall–Kier alpha value is -1.07. The van der Waals surface area contributed by atoms with E-state index in [0.29, 0.717) is 13.0 Å². The van der Waals surface area contributed by atoms with Crippen molar-refractivity contribution in [2.45, 2.75) is 31.7 Å². The highest BCUT2D eigenvalue weighted by molar-refractivity contribution is 5.18. The van der Waals surface area contributed by atoms with Gasteiger partial charge in [-0.1, -0.05) is 30.3 Å². The average Bonchev–Trinajstić information content (AvgIpc) is 2.86. The van der Waals surface area contributed by atoms with E-state index >= 15 is 0 Å². The minimum Gasteiger partial charge on any atom is -0.383 e. The van der Waals surface area contributed by atoms with Gasteiger partial charge in [-0.15, -0.1) is 0 Å². The summed E-state index contributed by atoms with van der Waals surface area (Å²) in [5.41, 5.74) is 1.09. The molecule has 0 aromatic heterocycles. The minimum absolute atomic E-state index is 0.0756. The Morgan fingerprint density at radius 3 is 2.47 bits per heavy atom. The first-order valence-corrected chi connectivity index (χ1v) is 6.43. The molecule has 106 valence electrons. The third kappa shape index (κ3) is 3.28.